The Balaban J connectivity index is 1.81. The van der Waals surface area contributed by atoms with Gasteiger partial charge >= 0.3 is 5.97 Å². The van der Waals surface area contributed by atoms with Crippen molar-refractivity contribution in [2.75, 3.05) is 27.9 Å². The number of ether oxygens (including phenoxy) is 4. The van der Waals surface area contributed by atoms with Crippen LogP contribution in [0.15, 0.2) is 75.7 Å². The van der Waals surface area contributed by atoms with E-state index in [4.69, 9.17) is 18.9 Å². The number of nitrogens with zero attached hydrogens (tertiary/aromatic N) is 2. The third-order valence-electron chi connectivity index (χ3n) is 6.65. The Bertz CT molecular complexity index is 1800. The van der Waals surface area contributed by atoms with Crippen molar-refractivity contribution in [1.29, 1.82) is 0 Å². The average molecular weight is 545 g/mol. The average Bonchev–Trinajstić information content (AvgIpc) is 3.25. The van der Waals surface area contributed by atoms with E-state index >= 15 is 0 Å². The maximum Gasteiger partial charge on any atom is 0.338 e. The molecule has 3 aromatic carbocycles. The molecule has 9 heteroatoms. The molecule has 1 atom stereocenters. The number of fused-ring (bicyclic) bond motifs is 2. The molecule has 5 rings (SSSR count). The van der Waals surface area contributed by atoms with Crippen LogP contribution in [0.25, 0.3) is 16.8 Å². The van der Waals surface area contributed by atoms with Crippen LogP contribution in [0.3, 0.4) is 0 Å². The summed E-state index contributed by atoms with van der Waals surface area (Å²) in [7, 11) is 4.71. The molecule has 0 aliphatic carbocycles. The van der Waals surface area contributed by atoms with Crippen molar-refractivity contribution in [3.8, 4) is 17.2 Å². The van der Waals surface area contributed by atoms with Crippen molar-refractivity contribution in [3.05, 3.63) is 96.7 Å². The van der Waals surface area contributed by atoms with Gasteiger partial charge in [-0.3, -0.25) is 9.36 Å². The molecule has 0 saturated carbocycles. The van der Waals surface area contributed by atoms with Crippen LogP contribution < -0.4 is 29.1 Å². The van der Waals surface area contributed by atoms with Gasteiger partial charge in [-0.25, -0.2) is 9.79 Å². The van der Waals surface area contributed by atoms with Crippen LogP contribution >= 0.6 is 11.3 Å². The lowest BCUT2D eigenvalue weighted by Gasteiger charge is -2.27. The highest BCUT2D eigenvalue weighted by Crippen LogP contribution is 2.40. The van der Waals surface area contributed by atoms with Crippen molar-refractivity contribution in [2.24, 2.45) is 4.99 Å². The largest absolute Gasteiger partial charge is 0.496 e. The van der Waals surface area contributed by atoms with Crippen molar-refractivity contribution >= 4 is 34.2 Å². The maximum absolute atomic E-state index is 14.1. The second-order valence-corrected chi connectivity index (χ2v) is 9.83. The van der Waals surface area contributed by atoms with Gasteiger partial charge in [0.1, 0.15) is 11.8 Å². The molecule has 0 amide bonds. The third-order valence-corrected chi connectivity index (χ3v) is 7.63. The number of esters is 1. The fraction of sp³-hybridized carbons (Fsp3) is 0.233. The predicted molar refractivity (Wildman–Crippen MR) is 150 cm³/mol. The summed E-state index contributed by atoms with van der Waals surface area (Å²) >= 11 is 1.26. The first-order valence-corrected chi connectivity index (χ1v) is 13.2. The number of hydrogen-bond donors (Lipinski definition) is 0. The zero-order valence-corrected chi connectivity index (χ0v) is 23.1. The zero-order valence-electron chi connectivity index (χ0n) is 22.3. The predicted octanol–water partition coefficient (Wildman–Crippen LogP) is 3.98. The minimum absolute atomic E-state index is 0.193. The summed E-state index contributed by atoms with van der Waals surface area (Å²) in [6.45, 7) is 3.71. The molecule has 39 heavy (non-hydrogen) atoms. The summed E-state index contributed by atoms with van der Waals surface area (Å²) < 4.78 is 24.0. The van der Waals surface area contributed by atoms with Gasteiger partial charge in [0.05, 0.1) is 43.7 Å². The molecule has 1 unspecified atom stereocenters. The van der Waals surface area contributed by atoms with Crippen LogP contribution in [-0.2, 0) is 9.53 Å². The Morgan fingerprint density at radius 3 is 2.44 bits per heavy atom. The summed E-state index contributed by atoms with van der Waals surface area (Å²) in [6.07, 6.45) is 1.78. The first-order chi connectivity index (χ1) is 18.9. The number of allylic oxidation sites excluding steroid dienone is 1. The highest BCUT2D eigenvalue weighted by atomic mass is 32.1. The molecular formula is C30H28N2O6S. The standard InChI is InChI=1S/C30H28N2O6S/c1-6-38-29(34)25-17(2)31-30-32(27(25)26-20-10-8-7-9-19(20)12-14-22(26)36-4)28(33)24(39-30)16-18-11-13-21(35-3)23(15-18)37-5/h7-16,27H,6H2,1-5H3/b24-16+. The summed E-state index contributed by atoms with van der Waals surface area (Å²) in [5.74, 6) is 1.18. The minimum Gasteiger partial charge on any atom is -0.496 e. The van der Waals surface area contributed by atoms with Gasteiger partial charge in [0.2, 0.25) is 0 Å². The molecular weight excluding hydrogens is 516 g/mol. The van der Waals surface area contributed by atoms with Gasteiger partial charge in [0.25, 0.3) is 5.56 Å². The van der Waals surface area contributed by atoms with Crippen LogP contribution in [0.1, 0.15) is 31.0 Å². The number of thiazole rings is 1. The smallest absolute Gasteiger partial charge is 0.338 e. The third kappa shape index (κ3) is 4.59. The van der Waals surface area contributed by atoms with Crippen LogP contribution in [0.5, 0.6) is 17.2 Å². The van der Waals surface area contributed by atoms with E-state index in [9.17, 15) is 9.59 Å². The molecule has 1 aliphatic heterocycles. The zero-order chi connectivity index (χ0) is 27.7. The Kier molecular flexibility index (Phi) is 7.26. The molecule has 0 N–H and O–H groups in total. The SMILES string of the molecule is CCOC(=O)C1=C(C)N=c2s/c(=C/c3ccc(OC)c(OC)c3)c(=O)n2C1c1c(OC)ccc2ccccc12. The second-order valence-electron chi connectivity index (χ2n) is 8.82. The summed E-state index contributed by atoms with van der Waals surface area (Å²) in [5.41, 5.74) is 1.98. The molecule has 0 fully saturated rings. The van der Waals surface area contributed by atoms with Gasteiger partial charge < -0.3 is 18.9 Å². The topological polar surface area (TPSA) is 88.4 Å². The van der Waals surface area contributed by atoms with Crippen molar-refractivity contribution in [1.82, 2.24) is 4.57 Å². The second kappa shape index (κ2) is 10.8. The summed E-state index contributed by atoms with van der Waals surface area (Å²) in [5, 5.41) is 1.83. The van der Waals surface area contributed by atoms with Crippen LogP contribution in [0.4, 0.5) is 0 Å². The van der Waals surface area contributed by atoms with Gasteiger partial charge in [-0.1, -0.05) is 47.7 Å². The number of carbonyl (C=O) groups excluding carboxylic acids is 1. The lowest BCUT2D eigenvalue weighted by molar-refractivity contribution is -0.139. The molecule has 0 saturated heterocycles. The van der Waals surface area contributed by atoms with Gasteiger partial charge in [0, 0.05) is 5.56 Å². The number of benzene rings is 3. The van der Waals surface area contributed by atoms with E-state index < -0.39 is 12.0 Å². The van der Waals surface area contributed by atoms with Crippen LogP contribution in [-0.4, -0.2) is 38.5 Å². The van der Waals surface area contributed by atoms with E-state index in [0.29, 0.717) is 43.4 Å². The minimum atomic E-state index is -0.797. The summed E-state index contributed by atoms with van der Waals surface area (Å²) in [6, 6.07) is 16.3. The molecule has 0 spiro atoms. The van der Waals surface area contributed by atoms with Crippen molar-refractivity contribution in [3.63, 3.8) is 0 Å². The molecule has 1 aromatic heterocycles. The highest BCUT2D eigenvalue weighted by molar-refractivity contribution is 7.07. The molecule has 0 radical (unpaired) electrons. The van der Waals surface area contributed by atoms with Crippen molar-refractivity contribution < 1.29 is 23.7 Å². The Hall–Kier alpha value is -4.37. The Morgan fingerprint density at radius 2 is 1.72 bits per heavy atom. The van der Waals surface area contributed by atoms with E-state index in [-0.39, 0.29) is 12.2 Å². The van der Waals surface area contributed by atoms with E-state index in [2.05, 4.69) is 4.99 Å². The number of rotatable bonds is 7. The van der Waals surface area contributed by atoms with Crippen LogP contribution in [0, 0.1) is 0 Å². The molecule has 0 bridgehead atoms. The highest BCUT2D eigenvalue weighted by Gasteiger charge is 2.36. The fourth-order valence-corrected chi connectivity index (χ4v) is 5.94. The normalized spacial score (nSPS) is 15.1. The van der Waals surface area contributed by atoms with Crippen LogP contribution in [0.2, 0.25) is 0 Å². The quantitative estimate of drug-likeness (QED) is 0.327. The van der Waals surface area contributed by atoms with E-state index in [1.54, 1.807) is 58.0 Å². The number of hydrogen-bond acceptors (Lipinski definition) is 8. The lowest BCUT2D eigenvalue weighted by atomic mass is 9.90. The van der Waals surface area contributed by atoms with Gasteiger partial charge in [-0.2, -0.15) is 0 Å². The van der Waals surface area contributed by atoms with Gasteiger partial charge in [0.15, 0.2) is 16.3 Å². The Morgan fingerprint density at radius 1 is 1.00 bits per heavy atom. The molecule has 4 aromatic rings. The summed E-state index contributed by atoms with van der Waals surface area (Å²) in [4.78, 5) is 32.6. The maximum atomic E-state index is 14.1. The monoisotopic (exact) mass is 544 g/mol. The number of methoxy groups -OCH3 is 3. The molecule has 200 valence electrons. The lowest BCUT2D eigenvalue weighted by Crippen LogP contribution is -2.40. The van der Waals surface area contributed by atoms with Gasteiger partial charge in [-0.15, -0.1) is 0 Å². The number of carbonyl (C=O) groups is 1. The first-order valence-electron chi connectivity index (χ1n) is 12.4. The fourth-order valence-electron chi connectivity index (χ4n) is 4.89. The van der Waals surface area contributed by atoms with E-state index in [1.165, 1.54) is 11.3 Å². The van der Waals surface area contributed by atoms with Gasteiger partial charge in [-0.05, 0) is 54.5 Å². The number of aromatic nitrogens is 1. The van der Waals surface area contributed by atoms with E-state index in [0.717, 1.165) is 16.3 Å². The molecule has 8 nitrogen and oxygen atoms in total. The first kappa shape index (κ1) is 26.2. The van der Waals surface area contributed by atoms with E-state index in [1.807, 2.05) is 42.5 Å². The molecule has 1 aliphatic rings. The molecule has 2 heterocycles. The Labute approximate surface area is 229 Å². The van der Waals surface area contributed by atoms with Crippen molar-refractivity contribution in [2.45, 2.75) is 19.9 Å².